The fourth-order valence-corrected chi connectivity index (χ4v) is 4.50. The van der Waals surface area contributed by atoms with E-state index in [4.69, 9.17) is 0 Å². The summed E-state index contributed by atoms with van der Waals surface area (Å²) in [7, 11) is 0. The molecule has 25 heavy (non-hydrogen) atoms. The highest BCUT2D eigenvalue weighted by Gasteiger charge is 2.48. The van der Waals surface area contributed by atoms with Gasteiger partial charge in [-0.3, -0.25) is 9.59 Å². The Morgan fingerprint density at radius 2 is 1.96 bits per heavy atom. The molecular formula is C21H28N2O2. The fourth-order valence-electron chi connectivity index (χ4n) is 4.50. The molecule has 0 N–H and O–H groups in total. The van der Waals surface area contributed by atoms with Crippen LogP contribution in [0, 0.1) is 18.3 Å². The second-order valence-corrected chi connectivity index (χ2v) is 8.24. The number of hydrogen-bond acceptors (Lipinski definition) is 2. The largest absolute Gasteiger partial charge is 0.342 e. The lowest BCUT2D eigenvalue weighted by Gasteiger charge is -2.27. The first-order valence-electron chi connectivity index (χ1n) is 9.73. The van der Waals surface area contributed by atoms with Gasteiger partial charge >= 0.3 is 0 Å². The summed E-state index contributed by atoms with van der Waals surface area (Å²) in [6, 6.07) is 7.81. The van der Waals surface area contributed by atoms with Crippen LogP contribution < -0.4 is 0 Å². The average Bonchev–Trinajstić information content (AvgIpc) is 3.40. The molecule has 0 aromatic heterocycles. The third kappa shape index (κ3) is 3.31. The van der Waals surface area contributed by atoms with Gasteiger partial charge in [-0.25, -0.2) is 0 Å². The standard InChI is InChI=1S/C21H28N2O2/c1-16-4-2-5-18(14-16)19(24)22-11-3-8-21(9-12-22)10-13-23(20(21)25)15-17-6-7-17/h2,4-5,14,17H,3,6-13,15H2,1H3/t21-/m1/s1. The van der Waals surface area contributed by atoms with E-state index < -0.39 is 0 Å². The van der Waals surface area contributed by atoms with Gasteiger partial charge in [0.2, 0.25) is 5.91 Å². The normalized spacial score (nSPS) is 27.0. The van der Waals surface area contributed by atoms with Crippen molar-refractivity contribution >= 4 is 11.8 Å². The zero-order valence-electron chi connectivity index (χ0n) is 15.2. The van der Waals surface area contributed by atoms with Crippen molar-refractivity contribution in [2.24, 2.45) is 11.3 Å². The molecule has 0 unspecified atom stereocenters. The number of carbonyl (C=O) groups is 2. The van der Waals surface area contributed by atoms with Crippen molar-refractivity contribution in [2.45, 2.75) is 45.4 Å². The molecule has 4 heteroatoms. The topological polar surface area (TPSA) is 40.6 Å². The molecule has 2 aliphatic heterocycles. The van der Waals surface area contributed by atoms with E-state index in [1.54, 1.807) is 0 Å². The van der Waals surface area contributed by atoms with Gasteiger partial charge < -0.3 is 9.80 Å². The van der Waals surface area contributed by atoms with Crippen LogP contribution >= 0.6 is 0 Å². The van der Waals surface area contributed by atoms with Crippen LogP contribution in [0.15, 0.2) is 24.3 Å². The predicted molar refractivity (Wildman–Crippen MR) is 97.3 cm³/mol. The van der Waals surface area contributed by atoms with Crippen LogP contribution in [0.3, 0.4) is 0 Å². The van der Waals surface area contributed by atoms with E-state index in [9.17, 15) is 9.59 Å². The molecule has 3 fully saturated rings. The van der Waals surface area contributed by atoms with E-state index in [0.29, 0.717) is 12.5 Å². The summed E-state index contributed by atoms with van der Waals surface area (Å²) >= 11 is 0. The number of aryl methyl sites for hydroxylation is 1. The second-order valence-electron chi connectivity index (χ2n) is 8.24. The van der Waals surface area contributed by atoms with Crippen LogP contribution in [0.2, 0.25) is 0 Å². The van der Waals surface area contributed by atoms with Crippen LogP contribution in [0.1, 0.15) is 54.4 Å². The van der Waals surface area contributed by atoms with Crippen LogP contribution in [-0.4, -0.2) is 47.8 Å². The highest BCUT2D eigenvalue weighted by atomic mass is 16.2. The summed E-state index contributed by atoms with van der Waals surface area (Å²) in [5, 5.41) is 0. The van der Waals surface area contributed by atoms with Crippen molar-refractivity contribution in [3.8, 4) is 0 Å². The molecule has 0 radical (unpaired) electrons. The first-order valence-corrected chi connectivity index (χ1v) is 9.73. The maximum atomic E-state index is 13.0. The highest BCUT2D eigenvalue weighted by Crippen LogP contribution is 2.43. The molecule has 1 aromatic carbocycles. The van der Waals surface area contributed by atoms with Gasteiger partial charge in [-0.05, 0) is 63.5 Å². The van der Waals surface area contributed by atoms with E-state index >= 15 is 0 Å². The molecule has 4 nitrogen and oxygen atoms in total. The van der Waals surface area contributed by atoms with Gasteiger partial charge in [-0.1, -0.05) is 17.7 Å². The minimum atomic E-state index is -0.198. The van der Waals surface area contributed by atoms with E-state index in [0.717, 1.165) is 62.4 Å². The maximum Gasteiger partial charge on any atom is 0.253 e. The van der Waals surface area contributed by atoms with Gasteiger partial charge in [0.25, 0.3) is 5.91 Å². The lowest BCUT2D eigenvalue weighted by Crippen LogP contribution is -2.37. The molecular weight excluding hydrogens is 312 g/mol. The Labute approximate surface area is 150 Å². The van der Waals surface area contributed by atoms with Crippen LogP contribution in [0.5, 0.6) is 0 Å². The molecule has 1 aliphatic carbocycles. The Morgan fingerprint density at radius 3 is 2.72 bits per heavy atom. The van der Waals surface area contributed by atoms with Gasteiger partial charge in [-0.2, -0.15) is 0 Å². The molecule has 1 aromatic rings. The van der Waals surface area contributed by atoms with Crippen LogP contribution in [0.25, 0.3) is 0 Å². The van der Waals surface area contributed by atoms with Gasteiger partial charge in [0.05, 0.1) is 5.41 Å². The summed E-state index contributed by atoms with van der Waals surface area (Å²) in [6.45, 7) is 5.37. The smallest absolute Gasteiger partial charge is 0.253 e. The van der Waals surface area contributed by atoms with Crippen LogP contribution in [-0.2, 0) is 4.79 Å². The summed E-state index contributed by atoms with van der Waals surface area (Å²) < 4.78 is 0. The van der Waals surface area contributed by atoms with Crippen molar-refractivity contribution in [2.75, 3.05) is 26.2 Å². The Kier molecular flexibility index (Phi) is 4.30. The molecule has 3 aliphatic rings. The Balaban J connectivity index is 1.43. The van der Waals surface area contributed by atoms with Gasteiger partial charge in [0.15, 0.2) is 0 Å². The highest BCUT2D eigenvalue weighted by molar-refractivity contribution is 5.94. The number of amides is 2. The van der Waals surface area contributed by atoms with Gasteiger partial charge in [-0.15, -0.1) is 0 Å². The van der Waals surface area contributed by atoms with E-state index in [2.05, 4.69) is 4.90 Å². The third-order valence-corrected chi connectivity index (χ3v) is 6.27. The van der Waals surface area contributed by atoms with Crippen molar-refractivity contribution in [1.29, 1.82) is 0 Å². The lowest BCUT2D eigenvalue weighted by molar-refractivity contribution is -0.136. The zero-order valence-corrected chi connectivity index (χ0v) is 15.2. The summed E-state index contributed by atoms with van der Waals surface area (Å²) in [4.78, 5) is 29.9. The van der Waals surface area contributed by atoms with Crippen molar-refractivity contribution in [1.82, 2.24) is 9.80 Å². The van der Waals surface area contributed by atoms with E-state index in [1.165, 1.54) is 12.8 Å². The molecule has 2 heterocycles. The Morgan fingerprint density at radius 1 is 1.16 bits per heavy atom. The number of benzene rings is 1. The first-order chi connectivity index (χ1) is 12.1. The van der Waals surface area contributed by atoms with E-state index in [1.807, 2.05) is 36.1 Å². The number of likely N-dealkylation sites (tertiary alicyclic amines) is 2. The maximum absolute atomic E-state index is 13.0. The first kappa shape index (κ1) is 16.6. The summed E-state index contributed by atoms with van der Waals surface area (Å²) in [6.07, 6.45) is 6.24. The van der Waals surface area contributed by atoms with Crippen LogP contribution in [0.4, 0.5) is 0 Å². The molecule has 1 atom stereocenters. The minimum Gasteiger partial charge on any atom is -0.342 e. The predicted octanol–water partition coefficient (Wildman–Crippen LogP) is 3.25. The summed E-state index contributed by atoms with van der Waals surface area (Å²) in [5.74, 6) is 1.23. The number of hydrogen-bond donors (Lipinski definition) is 0. The van der Waals surface area contributed by atoms with Crippen molar-refractivity contribution in [3.63, 3.8) is 0 Å². The average molecular weight is 340 g/mol. The van der Waals surface area contributed by atoms with Crippen molar-refractivity contribution < 1.29 is 9.59 Å². The molecule has 2 saturated heterocycles. The lowest BCUT2D eigenvalue weighted by atomic mass is 9.79. The monoisotopic (exact) mass is 340 g/mol. The molecule has 0 bridgehead atoms. The van der Waals surface area contributed by atoms with E-state index in [-0.39, 0.29) is 11.3 Å². The Bertz CT molecular complexity index is 682. The molecule has 2 amide bonds. The number of nitrogens with zero attached hydrogens (tertiary/aromatic N) is 2. The fraction of sp³-hybridized carbons (Fsp3) is 0.619. The minimum absolute atomic E-state index is 0.112. The van der Waals surface area contributed by atoms with Crippen molar-refractivity contribution in [3.05, 3.63) is 35.4 Å². The second kappa shape index (κ2) is 6.47. The number of rotatable bonds is 3. The molecule has 4 rings (SSSR count). The quantitative estimate of drug-likeness (QED) is 0.847. The van der Waals surface area contributed by atoms with Gasteiger partial charge in [0.1, 0.15) is 0 Å². The third-order valence-electron chi connectivity index (χ3n) is 6.27. The summed E-state index contributed by atoms with van der Waals surface area (Å²) in [5.41, 5.74) is 1.68. The number of carbonyl (C=O) groups excluding carboxylic acids is 2. The zero-order chi connectivity index (χ0) is 17.4. The molecule has 1 saturated carbocycles. The molecule has 1 spiro atoms. The Hall–Kier alpha value is -1.84. The SMILES string of the molecule is Cc1cccc(C(=O)N2CCC[C@@]3(CC2)CCN(CC2CC2)C3=O)c1. The molecule has 134 valence electrons. The van der Waals surface area contributed by atoms with Gasteiger partial charge in [0, 0.05) is 31.7 Å².